The van der Waals surface area contributed by atoms with E-state index in [1.807, 2.05) is 43.9 Å². The highest BCUT2D eigenvalue weighted by atomic mass is 35.5. The fourth-order valence-electron chi connectivity index (χ4n) is 2.58. The maximum absolute atomic E-state index is 13.0. The maximum atomic E-state index is 13.0. The van der Waals surface area contributed by atoms with E-state index in [1.54, 1.807) is 24.3 Å². The number of benzene rings is 2. The summed E-state index contributed by atoms with van der Waals surface area (Å²) in [5, 5.41) is 0.615. The molecule has 0 spiro atoms. The molecule has 0 atom stereocenters. The predicted octanol–water partition coefficient (Wildman–Crippen LogP) is 4.51. The second-order valence-electron chi connectivity index (χ2n) is 6.76. The fraction of sp³-hybridized carbons (Fsp3) is 0.316. The van der Waals surface area contributed by atoms with Crippen molar-refractivity contribution < 1.29 is 14.3 Å². The Balaban J connectivity index is 1.87. The van der Waals surface area contributed by atoms with Gasteiger partial charge in [-0.2, -0.15) is 0 Å². The quantitative estimate of drug-likeness (QED) is 0.821. The van der Waals surface area contributed by atoms with Gasteiger partial charge in [0.25, 0.3) is 5.91 Å². The first-order chi connectivity index (χ1) is 11.3. The summed E-state index contributed by atoms with van der Waals surface area (Å²) in [4.78, 5) is 14.8. The lowest BCUT2D eigenvalue weighted by atomic mass is 10.0. The van der Waals surface area contributed by atoms with Gasteiger partial charge in [-0.15, -0.1) is 0 Å². The maximum Gasteiger partial charge on any atom is 0.254 e. The van der Waals surface area contributed by atoms with Crippen LogP contribution in [0, 0.1) is 0 Å². The van der Waals surface area contributed by atoms with Gasteiger partial charge in [0.05, 0.1) is 0 Å². The lowest BCUT2D eigenvalue weighted by Crippen LogP contribution is -2.45. The van der Waals surface area contributed by atoms with E-state index in [0.717, 1.165) is 17.1 Å². The molecule has 0 radical (unpaired) electrons. The Morgan fingerprint density at radius 3 is 2.42 bits per heavy atom. The lowest BCUT2D eigenvalue weighted by molar-refractivity contribution is 0.0558. The van der Waals surface area contributed by atoms with Crippen LogP contribution >= 0.6 is 11.6 Å². The van der Waals surface area contributed by atoms with E-state index in [4.69, 9.17) is 21.1 Å². The molecule has 0 N–H and O–H groups in total. The van der Waals surface area contributed by atoms with E-state index in [1.165, 1.54) is 0 Å². The summed E-state index contributed by atoms with van der Waals surface area (Å²) in [6, 6.07) is 12.7. The van der Waals surface area contributed by atoms with Crippen molar-refractivity contribution in [3.05, 3.63) is 58.6 Å². The molecule has 3 rings (SSSR count). The highest BCUT2D eigenvalue weighted by Crippen LogP contribution is 2.33. The van der Waals surface area contributed by atoms with Gasteiger partial charge in [-0.3, -0.25) is 4.79 Å². The number of nitrogens with zero attached hydrogens (tertiary/aromatic N) is 1. The molecule has 0 saturated carbocycles. The van der Waals surface area contributed by atoms with Crippen molar-refractivity contribution in [3.63, 3.8) is 0 Å². The van der Waals surface area contributed by atoms with Crippen LogP contribution in [0.5, 0.6) is 11.5 Å². The average molecular weight is 346 g/mol. The monoisotopic (exact) mass is 345 g/mol. The van der Waals surface area contributed by atoms with Crippen molar-refractivity contribution in [2.45, 2.75) is 32.9 Å². The Bertz CT molecular complexity index is 750. The lowest BCUT2D eigenvalue weighted by Gasteiger charge is -2.36. The molecular weight excluding hydrogens is 326 g/mol. The zero-order chi connectivity index (χ0) is 17.3. The SMILES string of the molecule is CC(C)(C)N(Cc1ccc2c(c1)OCO2)C(=O)c1ccc(Cl)cc1. The standard InChI is InChI=1S/C19H20ClNO3/c1-19(2,3)21(18(22)14-5-7-15(20)8-6-14)11-13-4-9-16-17(10-13)24-12-23-16/h4-10H,11-12H2,1-3H3. The fourth-order valence-corrected chi connectivity index (χ4v) is 2.71. The van der Waals surface area contributed by atoms with Gasteiger partial charge in [-0.05, 0) is 62.7 Å². The Morgan fingerprint density at radius 1 is 1.08 bits per heavy atom. The summed E-state index contributed by atoms with van der Waals surface area (Å²) < 4.78 is 10.8. The molecule has 0 aliphatic carbocycles. The topological polar surface area (TPSA) is 38.8 Å². The molecule has 0 fully saturated rings. The second kappa shape index (κ2) is 6.36. The molecule has 0 bridgehead atoms. The van der Waals surface area contributed by atoms with Crippen LogP contribution in [0.25, 0.3) is 0 Å². The number of hydrogen-bond donors (Lipinski definition) is 0. The van der Waals surface area contributed by atoms with E-state index < -0.39 is 0 Å². The van der Waals surface area contributed by atoms with Crippen LogP contribution in [-0.4, -0.2) is 23.1 Å². The van der Waals surface area contributed by atoms with Gasteiger partial charge in [0.2, 0.25) is 6.79 Å². The van der Waals surface area contributed by atoms with Crippen molar-refractivity contribution in [2.75, 3.05) is 6.79 Å². The molecular formula is C19H20ClNO3. The summed E-state index contributed by atoms with van der Waals surface area (Å²) in [6.07, 6.45) is 0. The van der Waals surface area contributed by atoms with Crippen LogP contribution in [0.2, 0.25) is 5.02 Å². The summed E-state index contributed by atoms with van der Waals surface area (Å²) in [7, 11) is 0. The molecule has 126 valence electrons. The second-order valence-corrected chi connectivity index (χ2v) is 7.19. The number of ether oxygens (including phenoxy) is 2. The van der Waals surface area contributed by atoms with Crippen LogP contribution in [0.4, 0.5) is 0 Å². The van der Waals surface area contributed by atoms with Crippen LogP contribution in [0.1, 0.15) is 36.7 Å². The molecule has 1 amide bonds. The van der Waals surface area contributed by atoms with E-state index in [-0.39, 0.29) is 18.2 Å². The zero-order valence-corrected chi connectivity index (χ0v) is 14.8. The third kappa shape index (κ3) is 3.49. The van der Waals surface area contributed by atoms with Gasteiger partial charge in [0.15, 0.2) is 11.5 Å². The summed E-state index contributed by atoms with van der Waals surface area (Å²) in [5.41, 5.74) is 1.29. The minimum atomic E-state index is -0.326. The number of hydrogen-bond acceptors (Lipinski definition) is 3. The number of carbonyl (C=O) groups is 1. The van der Waals surface area contributed by atoms with Crippen molar-refractivity contribution in [1.82, 2.24) is 4.90 Å². The van der Waals surface area contributed by atoms with Gasteiger partial charge in [-0.25, -0.2) is 0 Å². The Morgan fingerprint density at radius 2 is 1.75 bits per heavy atom. The molecule has 1 heterocycles. The first kappa shape index (κ1) is 16.7. The third-order valence-corrected chi connectivity index (χ3v) is 4.18. The van der Waals surface area contributed by atoms with Gasteiger partial charge in [-0.1, -0.05) is 17.7 Å². The molecule has 5 heteroatoms. The molecule has 4 nitrogen and oxygen atoms in total. The van der Waals surface area contributed by atoms with Crippen LogP contribution in [-0.2, 0) is 6.54 Å². The van der Waals surface area contributed by atoms with E-state index >= 15 is 0 Å². The van der Waals surface area contributed by atoms with Gasteiger partial charge >= 0.3 is 0 Å². The molecule has 0 saturated heterocycles. The summed E-state index contributed by atoms with van der Waals surface area (Å²) >= 11 is 5.92. The van der Waals surface area contributed by atoms with Gasteiger partial charge < -0.3 is 14.4 Å². The molecule has 2 aromatic rings. The minimum absolute atomic E-state index is 0.0307. The largest absolute Gasteiger partial charge is 0.454 e. The normalized spacial score (nSPS) is 13.0. The predicted molar refractivity (Wildman–Crippen MR) is 93.6 cm³/mol. The van der Waals surface area contributed by atoms with Crippen molar-refractivity contribution in [3.8, 4) is 11.5 Å². The number of fused-ring (bicyclic) bond motifs is 1. The minimum Gasteiger partial charge on any atom is -0.454 e. The smallest absolute Gasteiger partial charge is 0.254 e. The van der Waals surface area contributed by atoms with Gasteiger partial charge in [0, 0.05) is 22.7 Å². The Kier molecular flexibility index (Phi) is 4.41. The molecule has 0 aromatic heterocycles. The average Bonchev–Trinajstić information content (AvgIpc) is 2.99. The zero-order valence-electron chi connectivity index (χ0n) is 14.0. The molecule has 24 heavy (non-hydrogen) atoms. The molecule has 1 aliphatic heterocycles. The van der Waals surface area contributed by atoms with E-state index in [0.29, 0.717) is 17.1 Å². The van der Waals surface area contributed by atoms with Crippen LogP contribution in [0.3, 0.4) is 0 Å². The molecule has 0 unspecified atom stereocenters. The highest BCUT2D eigenvalue weighted by molar-refractivity contribution is 6.30. The summed E-state index contributed by atoms with van der Waals surface area (Å²) in [5.74, 6) is 1.43. The number of halogens is 1. The van der Waals surface area contributed by atoms with Crippen molar-refractivity contribution in [2.24, 2.45) is 0 Å². The van der Waals surface area contributed by atoms with Crippen LogP contribution < -0.4 is 9.47 Å². The van der Waals surface area contributed by atoms with Gasteiger partial charge in [0.1, 0.15) is 0 Å². The van der Waals surface area contributed by atoms with E-state index in [9.17, 15) is 4.79 Å². The van der Waals surface area contributed by atoms with Crippen LogP contribution in [0.15, 0.2) is 42.5 Å². The molecule has 1 aliphatic rings. The number of rotatable bonds is 3. The third-order valence-electron chi connectivity index (χ3n) is 3.92. The number of carbonyl (C=O) groups excluding carboxylic acids is 1. The highest BCUT2D eigenvalue weighted by Gasteiger charge is 2.28. The first-order valence-corrected chi connectivity index (χ1v) is 8.18. The Labute approximate surface area is 146 Å². The summed E-state index contributed by atoms with van der Waals surface area (Å²) in [6.45, 7) is 6.79. The van der Waals surface area contributed by atoms with E-state index in [2.05, 4.69) is 0 Å². The Hall–Kier alpha value is -2.20. The number of amides is 1. The van der Waals surface area contributed by atoms with Crippen molar-refractivity contribution >= 4 is 17.5 Å². The molecule has 2 aromatic carbocycles. The van der Waals surface area contributed by atoms with Crippen molar-refractivity contribution in [1.29, 1.82) is 0 Å². The first-order valence-electron chi connectivity index (χ1n) is 7.81.